The fourth-order valence-corrected chi connectivity index (χ4v) is 4.84. The van der Waals surface area contributed by atoms with Crippen LogP contribution in [0.4, 0.5) is 0 Å². The molecule has 0 spiro atoms. The molecule has 1 aliphatic carbocycles. The van der Waals surface area contributed by atoms with E-state index in [2.05, 4.69) is 38.3 Å². The van der Waals surface area contributed by atoms with Crippen LogP contribution < -0.4 is 10.1 Å². The zero-order chi connectivity index (χ0) is 13.9. The lowest BCUT2D eigenvalue weighted by Crippen LogP contribution is -2.49. The van der Waals surface area contributed by atoms with Gasteiger partial charge in [0.2, 0.25) is 0 Å². The van der Waals surface area contributed by atoms with Gasteiger partial charge in [-0.25, -0.2) is 0 Å². The zero-order valence-corrected chi connectivity index (χ0v) is 13.2. The summed E-state index contributed by atoms with van der Waals surface area (Å²) in [7, 11) is 3.84. The van der Waals surface area contributed by atoms with Crippen LogP contribution in [0.25, 0.3) is 0 Å². The first kappa shape index (κ1) is 14.7. The highest BCUT2D eigenvalue weighted by Gasteiger charge is 2.38. The molecule has 1 aromatic rings. The lowest BCUT2D eigenvalue weighted by atomic mass is 9.73. The average Bonchev–Trinajstić information content (AvgIpc) is 2.38. The summed E-state index contributed by atoms with van der Waals surface area (Å²) >= 11 is 1.96. The molecule has 1 saturated carbocycles. The lowest BCUT2D eigenvalue weighted by molar-refractivity contribution is 0.182. The SMILES string of the molecule is CNC1C(Sc2ccccc2OC)CCCC1(C)C. The van der Waals surface area contributed by atoms with E-state index in [1.165, 1.54) is 24.2 Å². The van der Waals surface area contributed by atoms with Crippen molar-refractivity contribution in [3.8, 4) is 5.75 Å². The van der Waals surface area contributed by atoms with Gasteiger partial charge in [0.15, 0.2) is 0 Å². The van der Waals surface area contributed by atoms with E-state index in [1.807, 2.05) is 23.9 Å². The van der Waals surface area contributed by atoms with E-state index in [4.69, 9.17) is 4.74 Å². The number of rotatable bonds is 4. The van der Waals surface area contributed by atoms with Gasteiger partial charge in [-0.3, -0.25) is 0 Å². The molecule has 0 aromatic heterocycles. The molecule has 0 amide bonds. The topological polar surface area (TPSA) is 21.3 Å². The Kier molecular flexibility index (Phi) is 4.80. The fourth-order valence-electron chi connectivity index (χ4n) is 3.17. The Bertz CT molecular complexity index is 419. The van der Waals surface area contributed by atoms with Crippen LogP contribution in [0.3, 0.4) is 0 Å². The predicted molar refractivity (Wildman–Crippen MR) is 83.1 cm³/mol. The lowest BCUT2D eigenvalue weighted by Gasteiger charge is -2.43. The first-order valence-corrected chi connectivity index (χ1v) is 7.93. The highest BCUT2D eigenvalue weighted by Crippen LogP contribution is 2.44. The summed E-state index contributed by atoms with van der Waals surface area (Å²) < 4.78 is 5.47. The van der Waals surface area contributed by atoms with Gasteiger partial charge in [-0.15, -0.1) is 11.8 Å². The minimum atomic E-state index is 0.368. The van der Waals surface area contributed by atoms with Crippen molar-refractivity contribution in [2.45, 2.75) is 49.3 Å². The van der Waals surface area contributed by atoms with Crippen LogP contribution in [-0.2, 0) is 0 Å². The molecule has 2 unspecified atom stereocenters. The second kappa shape index (κ2) is 6.19. The monoisotopic (exact) mass is 279 g/mol. The number of hydrogen-bond donors (Lipinski definition) is 1. The molecule has 2 nitrogen and oxygen atoms in total. The number of ether oxygens (including phenoxy) is 1. The van der Waals surface area contributed by atoms with Gasteiger partial charge in [-0.05, 0) is 37.4 Å². The van der Waals surface area contributed by atoms with Crippen LogP contribution >= 0.6 is 11.8 Å². The molecule has 2 atom stereocenters. The summed E-state index contributed by atoms with van der Waals surface area (Å²) in [6.45, 7) is 4.76. The molecular formula is C16H25NOS. The van der Waals surface area contributed by atoms with E-state index in [0.29, 0.717) is 16.7 Å². The summed E-state index contributed by atoms with van der Waals surface area (Å²) in [4.78, 5) is 1.26. The van der Waals surface area contributed by atoms with E-state index in [0.717, 1.165) is 5.75 Å². The summed E-state index contributed by atoms with van der Waals surface area (Å²) in [6, 6.07) is 8.88. The van der Waals surface area contributed by atoms with Crippen LogP contribution in [0, 0.1) is 5.41 Å². The molecule has 2 rings (SSSR count). The minimum Gasteiger partial charge on any atom is -0.496 e. The van der Waals surface area contributed by atoms with Gasteiger partial charge in [0.05, 0.1) is 7.11 Å². The third-order valence-electron chi connectivity index (χ3n) is 4.18. The standard InChI is InChI=1S/C16H25NOS/c1-16(2)11-7-10-14(15(16)17-3)19-13-9-6-5-8-12(13)18-4/h5-6,8-9,14-15,17H,7,10-11H2,1-4H3. The Morgan fingerprint density at radius 1 is 1.32 bits per heavy atom. The van der Waals surface area contributed by atoms with Crippen molar-refractivity contribution in [1.82, 2.24) is 5.32 Å². The molecule has 0 radical (unpaired) electrons. The molecule has 3 heteroatoms. The first-order chi connectivity index (χ1) is 9.08. The largest absolute Gasteiger partial charge is 0.496 e. The zero-order valence-electron chi connectivity index (χ0n) is 12.4. The smallest absolute Gasteiger partial charge is 0.132 e. The van der Waals surface area contributed by atoms with Crippen molar-refractivity contribution in [2.24, 2.45) is 5.41 Å². The normalized spacial score (nSPS) is 26.1. The van der Waals surface area contributed by atoms with Crippen LogP contribution in [0.5, 0.6) is 5.75 Å². The van der Waals surface area contributed by atoms with Crippen molar-refractivity contribution in [2.75, 3.05) is 14.2 Å². The van der Waals surface area contributed by atoms with Gasteiger partial charge in [0.25, 0.3) is 0 Å². The maximum atomic E-state index is 5.47. The van der Waals surface area contributed by atoms with Crippen molar-refractivity contribution >= 4 is 11.8 Å². The van der Waals surface area contributed by atoms with Crippen LogP contribution in [0.15, 0.2) is 29.2 Å². The quantitative estimate of drug-likeness (QED) is 0.901. The van der Waals surface area contributed by atoms with Crippen molar-refractivity contribution in [3.63, 3.8) is 0 Å². The molecule has 19 heavy (non-hydrogen) atoms. The van der Waals surface area contributed by atoms with E-state index < -0.39 is 0 Å². The molecule has 1 fully saturated rings. The van der Waals surface area contributed by atoms with E-state index in [9.17, 15) is 0 Å². The summed E-state index contributed by atoms with van der Waals surface area (Å²) in [5, 5.41) is 4.16. The summed E-state index contributed by atoms with van der Waals surface area (Å²) in [5.41, 5.74) is 0.368. The van der Waals surface area contributed by atoms with Gasteiger partial charge in [0, 0.05) is 16.2 Å². The van der Waals surface area contributed by atoms with Crippen molar-refractivity contribution in [1.29, 1.82) is 0 Å². The van der Waals surface area contributed by atoms with Gasteiger partial charge in [0.1, 0.15) is 5.75 Å². The average molecular weight is 279 g/mol. The van der Waals surface area contributed by atoms with E-state index in [1.54, 1.807) is 7.11 Å². The first-order valence-electron chi connectivity index (χ1n) is 7.05. The van der Waals surface area contributed by atoms with Gasteiger partial charge in [-0.2, -0.15) is 0 Å². The Balaban J connectivity index is 2.17. The maximum Gasteiger partial charge on any atom is 0.132 e. The molecule has 0 saturated heterocycles. The molecule has 0 aliphatic heterocycles. The minimum absolute atomic E-state index is 0.368. The van der Waals surface area contributed by atoms with Crippen molar-refractivity contribution in [3.05, 3.63) is 24.3 Å². The third-order valence-corrected chi connectivity index (χ3v) is 5.58. The van der Waals surface area contributed by atoms with Crippen LogP contribution in [-0.4, -0.2) is 25.4 Å². The number of thioether (sulfide) groups is 1. The predicted octanol–water partition coefficient (Wildman–Crippen LogP) is 3.95. The molecule has 1 N–H and O–H groups in total. The second-order valence-electron chi connectivity index (χ2n) is 5.95. The highest BCUT2D eigenvalue weighted by molar-refractivity contribution is 8.00. The van der Waals surface area contributed by atoms with E-state index in [-0.39, 0.29) is 0 Å². The Morgan fingerprint density at radius 3 is 2.74 bits per heavy atom. The molecule has 1 aromatic carbocycles. The van der Waals surface area contributed by atoms with Crippen LogP contribution in [0.1, 0.15) is 33.1 Å². The summed E-state index contributed by atoms with van der Waals surface area (Å²) in [6.07, 6.45) is 3.90. The number of methoxy groups -OCH3 is 1. The molecular weight excluding hydrogens is 254 g/mol. The number of benzene rings is 1. The number of hydrogen-bond acceptors (Lipinski definition) is 3. The summed E-state index contributed by atoms with van der Waals surface area (Å²) in [5.74, 6) is 0.991. The molecule has 0 heterocycles. The third kappa shape index (κ3) is 3.26. The Labute approximate surface area is 121 Å². The van der Waals surface area contributed by atoms with Crippen molar-refractivity contribution < 1.29 is 4.74 Å². The van der Waals surface area contributed by atoms with Gasteiger partial charge < -0.3 is 10.1 Å². The molecule has 0 bridgehead atoms. The Morgan fingerprint density at radius 2 is 2.05 bits per heavy atom. The molecule has 1 aliphatic rings. The van der Waals surface area contributed by atoms with E-state index >= 15 is 0 Å². The maximum absolute atomic E-state index is 5.47. The Hall–Kier alpha value is -0.670. The van der Waals surface area contributed by atoms with Gasteiger partial charge >= 0.3 is 0 Å². The number of para-hydroxylation sites is 1. The number of nitrogens with one attached hydrogen (secondary N) is 1. The fraction of sp³-hybridized carbons (Fsp3) is 0.625. The second-order valence-corrected chi connectivity index (χ2v) is 7.24. The van der Waals surface area contributed by atoms with Crippen LogP contribution in [0.2, 0.25) is 0 Å². The molecule has 106 valence electrons. The highest BCUT2D eigenvalue weighted by atomic mass is 32.2. The van der Waals surface area contributed by atoms with Gasteiger partial charge in [-0.1, -0.05) is 32.4 Å².